The molecule has 3 rings (SSSR count). The number of rotatable bonds is 3. The molecule has 0 bridgehead atoms. The van der Waals surface area contributed by atoms with Gasteiger partial charge in [0.15, 0.2) is 0 Å². The van der Waals surface area contributed by atoms with E-state index in [9.17, 15) is 0 Å². The van der Waals surface area contributed by atoms with Crippen molar-refractivity contribution in [2.24, 2.45) is 0 Å². The Labute approximate surface area is 134 Å². The van der Waals surface area contributed by atoms with E-state index in [0.717, 1.165) is 10.9 Å². The summed E-state index contributed by atoms with van der Waals surface area (Å²) in [6.07, 6.45) is 1.07. The average Bonchev–Trinajstić information content (AvgIpc) is 2.90. The molecule has 0 radical (unpaired) electrons. The molecule has 0 saturated heterocycles. The van der Waals surface area contributed by atoms with E-state index in [0.29, 0.717) is 0 Å². The highest BCUT2D eigenvalue weighted by Gasteiger charge is 2.09. The van der Waals surface area contributed by atoms with Crippen LogP contribution < -0.4 is 0 Å². The molecular weight excluding hydrogens is 322 g/mol. The van der Waals surface area contributed by atoms with Gasteiger partial charge >= 0.3 is 0 Å². The summed E-state index contributed by atoms with van der Waals surface area (Å²) >= 11 is 3.50. The van der Waals surface area contributed by atoms with Crippen LogP contribution in [0.2, 0.25) is 0 Å². The van der Waals surface area contributed by atoms with Crippen molar-refractivity contribution in [1.29, 1.82) is 0 Å². The van der Waals surface area contributed by atoms with Crippen molar-refractivity contribution >= 4 is 15.9 Å². The van der Waals surface area contributed by atoms with Gasteiger partial charge in [0.05, 0.1) is 5.69 Å². The molecule has 1 aromatic heterocycles. The van der Waals surface area contributed by atoms with Gasteiger partial charge in [-0.2, -0.15) is 0 Å². The van der Waals surface area contributed by atoms with Gasteiger partial charge in [-0.05, 0) is 60.9 Å². The minimum atomic E-state index is 1.07. The predicted octanol–water partition coefficient (Wildman–Crippen LogP) is 5.78. The summed E-state index contributed by atoms with van der Waals surface area (Å²) in [6.45, 7) is 4.33. The molecule has 0 aliphatic carbocycles. The fraction of sp³-hybridized carbons (Fsp3) is 0.158. The molecule has 1 heterocycles. The molecule has 0 unspecified atom stereocenters. The average molecular weight is 340 g/mol. The van der Waals surface area contributed by atoms with Crippen LogP contribution in [-0.4, -0.2) is 4.57 Å². The van der Waals surface area contributed by atoms with Crippen LogP contribution in [0.15, 0.2) is 65.1 Å². The van der Waals surface area contributed by atoms with Gasteiger partial charge in [-0.3, -0.25) is 0 Å². The zero-order valence-corrected chi connectivity index (χ0v) is 13.9. The summed E-state index contributed by atoms with van der Waals surface area (Å²) in [5, 5.41) is 0. The molecule has 0 aliphatic rings. The molecule has 0 spiro atoms. The Balaban J connectivity index is 2.09. The van der Waals surface area contributed by atoms with Crippen molar-refractivity contribution in [3.63, 3.8) is 0 Å². The third-order valence-corrected chi connectivity index (χ3v) is 4.35. The first-order valence-electron chi connectivity index (χ1n) is 7.22. The molecule has 0 fully saturated rings. The molecule has 106 valence electrons. The molecule has 2 aromatic carbocycles. The van der Waals surface area contributed by atoms with Crippen LogP contribution in [0, 0.1) is 6.92 Å². The normalized spacial score (nSPS) is 10.8. The van der Waals surface area contributed by atoms with Crippen LogP contribution >= 0.6 is 15.9 Å². The Hall–Kier alpha value is -1.80. The van der Waals surface area contributed by atoms with Crippen molar-refractivity contribution in [3.05, 3.63) is 76.4 Å². The van der Waals surface area contributed by atoms with Gasteiger partial charge in [-0.1, -0.05) is 47.1 Å². The lowest BCUT2D eigenvalue weighted by Crippen LogP contribution is -1.99. The maximum absolute atomic E-state index is 3.50. The Morgan fingerprint density at radius 3 is 2.14 bits per heavy atom. The number of aryl methyl sites for hydroxylation is 2. The third-order valence-electron chi connectivity index (χ3n) is 3.82. The van der Waals surface area contributed by atoms with Crippen LogP contribution in [0.3, 0.4) is 0 Å². The quantitative estimate of drug-likeness (QED) is 0.570. The van der Waals surface area contributed by atoms with Crippen molar-refractivity contribution in [2.45, 2.75) is 20.3 Å². The fourth-order valence-electron chi connectivity index (χ4n) is 2.61. The van der Waals surface area contributed by atoms with Gasteiger partial charge in [-0.25, -0.2) is 0 Å². The number of benzene rings is 2. The molecule has 0 aliphatic heterocycles. The van der Waals surface area contributed by atoms with E-state index < -0.39 is 0 Å². The molecule has 0 N–H and O–H groups in total. The molecule has 2 heteroatoms. The first kappa shape index (κ1) is 14.2. The lowest BCUT2D eigenvalue weighted by molar-refractivity contribution is 1.02. The molecule has 0 atom stereocenters. The third kappa shape index (κ3) is 2.81. The zero-order chi connectivity index (χ0) is 14.8. The van der Waals surface area contributed by atoms with Crippen LogP contribution in [0.1, 0.15) is 18.2 Å². The van der Waals surface area contributed by atoms with Gasteiger partial charge in [0.25, 0.3) is 0 Å². The van der Waals surface area contributed by atoms with Crippen LogP contribution in [0.5, 0.6) is 0 Å². The number of aromatic nitrogens is 1. The SMILES string of the molecule is CCc1ccc(-n2c(C)ccc2-c2ccc(Br)cc2)cc1. The number of hydrogen-bond acceptors (Lipinski definition) is 0. The van der Waals surface area contributed by atoms with E-state index in [1.165, 1.54) is 28.2 Å². The summed E-state index contributed by atoms with van der Waals surface area (Å²) in [5.74, 6) is 0. The summed E-state index contributed by atoms with van der Waals surface area (Å²) < 4.78 is 3.41. The van der Waals surface area contributed by atoms with Crippen LogP contribution in [0.4, 0.5) is 0 Å². The van der Waals surface area contributed by atoms with E-state index in [2.05, 4.69) is 95.0 Å². The van der Waals surface area contributed by atoms with Crippen molar-refractivity contribution in [3.8, 4) is 16.9 Å². The van der Waals surface area contributed by atoms with Gasteiger partial charge in [0.1, 0.15) is 0 Å². The second-order valence-electron chi connectivity index (χ2n) is 5.22. The van der Waals surface area contributed by atoms with Gasteiger partial charge in [-0.15, -0.1) is 0 Å². The fourth-order valence-corrected chi connectivity index (χ4v) is 2.87. The lowest BCUT2D eigenvalue weighted by Gasteiger charge is -2.13. The number of halogens is 1. The van der Waals surface area contributed by atoms with Crippen molar-refractivity contribution < 1.29 is 0 Å². The smallest absolute Gasteiger partial charge is 0.0531 e. The monoisotopic (exact) mass is 339 g/mol. The highest BCUT2D eigenvalue weighted by Crippen LogP contribution is 2.27. The number of hydrogen-bond donors (Lipinski definition) is 0. The van der Waals surface area contributed by atoms with E-state index in [1.807, 2.05) is 0 Å². The maximum atomic E-state index is 3.50. The van der Waals surface area contributed by atoms with Crippen molar-refractivity contribution in [2.75, 3.05) is 0 Å². The summed E-state index contributed by atoms with van der Waals surface area (Å²) in [7, 11) is 0. The minimum absolute atomic E-state index is 1.07. The van der Waals surface area contributed by atoms with Gasteiger partial charge in [0.2, 0.25) is 0 Å². The molecule has 1 nitrogen and oxygen atoms in total. The van der Waals surface area contributed by atoms with Crippen LogP contribution in [0.25, 0.3) is 16.9 Å². The number of nitrogens with zero attached hydrogens (tertiary/aromatic N) is 1. The molecule has 21 heavy (non-hydrogen) atoms. The Bertz CT molecular complexity index is 736. The molecular formula is C19H18BrN. The Morgan fingerprint density at radius 2 is 1.52 bits per heavy atom. The second-order valence-corrected chi connectivity index (χ2v) is 6.14. The topological polar surface area (TPSA) is 4.93 Å². The molecule has 0 saturated carbocycles. The first-order valence-corrected chi connectivity index (χ1v) is 8.02. The highest BCUT2D eigenvalue weighted by molar-refractivity contribution is 9.10. The van der Waals surface area contributed by atoms with Crippen molar-refractivity contribution in [1.82, 2.24) is 4.57 Å². The standard InChI is InChI=1S/C19H18BrN/c1-3-15-5-11-18(12-6-15)21-14(2)4-13-19(21)16-7-9-17(20)10-8-16/h4-13H,3H2,1-2H3. The summed E-state index contributed by atoms with van der Waals surface area (Å²) in [5.41, 5.74) is 6.29. The van der Waals surface area contributed by atoms with Gasteiger partial charge < -0.3 is 4.57 Å². The molecule has 0 amide bonds. The summed E-state index contributed by atoms with van der Waals surface area (Å²) in [4.78, 5) is 0. The van der Waals surface area contributed by atoms with Crippen LogP contribution in [-0.2, 0) is 6.42 Å². The van der Waals surface area contributed by atoms with E-state index in [1.54, 1.807) is 0 Å². The zero-order valence-electron chi connectivity index (χ0n) is 12.3. The maximum Gasteiger partial charge on any atom is 0.0531 e. The lowest BCUT2D eigenvalue weighted by atomic mass is 10.1. The highest BCUT2D eigenvalue weighted by atomic mass is 79.9. The second kappa shape index (κ2) is 5.90. The van der Waals surface area contributed by atoms with E-state index in [-0.39, 0.29) is 0 Å². The molecule has 3 aromatic rings. The van der Waals surface area contributed by atoms with Gasteiger partial charge in [0, 0.05) is 15.9 Å². The Morgan fingerprint density at radius 1 is 0.857 bits per heavy atom. The van der Waals surface area contributed by atoms with E-state index in [4.69, 9.17) is 0 Å². The largest absolute Gasteiger partial charge is 0.314 e. The summed E-state index contributed by atoms with van der Waals surface area (Å²) in [6, 6.07) is 21.6. The minimum Gasteiger partial charge on any atom is -0.314 e. The predicted molar refractivity (Wildman–Crippen MR) is 93.0 cm³/mol. The first-order chi connectivity index (χ1) is 10.2. The Kier molecular flexibility index (Phi) is 3.98. The van der Waals surface area contributed by atoms with E-state index >= 15 is 0 Å².